The van der Waals surface area contributed by atoms with Gasteiger partial charge in [0.1, 0.15) is 16.5 Å². The highest BCUT2D eigenvalue weighted by Crippen LogP contribution is 2.30. The Bertz CT molecular complexity index is 1000. The van der Waals surface area contributed by atoms with Crippen molar-refractivity contribution in [1.29, 1.82) is 0 Å². The Balaban J connectivity index is 2.38. The summed E-state index contributed by atoms with van der Waals surface area (Å²) >= 11 is 0. The molecule has 2 amide bonds. The van der Waals surface area contributed by atoms with Crippen LogP contribution in [0.5, 0.6) is 0 Å². The molecule has 1 aromatic rings. The molecule has 12 heteroatoms. The predicted octanol–water partition coefficient (Wildman–Crippen LogP) is -0.148. The van der Waals surface area contributed by atoms with Crippen molar-refractivity contribution in [2.45, 2.75) is 43.2 Å². The van der Waals surface area contributed by atoms with E-state index in [2.05, 4.69) is 15.4 Å². The molecule has 29 heavy (non-hydrogen) atoms. The number of rotatable bonds is 7. The van der Waals surface area contributed by atoms with Crippen molar-refractivity contribution >= 4 is 37.5 Å². The summed E-state index contributed by atoms with van der Waals surface area (Å²) < 4.78 is 52.8. The normalized spacial score (nSPS) is 18.4. The molecule has 162 valence electrons. The summed E-state index contributed by atoms with van der Waals surface area (Å²) in [7, 11) is -6.31. The van der Waals surface area contributed by atoms with Gasteiger partial charge in [0.25, 0.3) is 0 Å². The molecule has 1 atom stereocenters. The van der Waals surface area contributed by atoms with E-state index in [-0.39, 0.29) is 17.1 Å². The van der Waals surface area contributed by atoms with Crippen molar-refractivity contribution in [3.05, 3.63) is 24.3 Å². The number of hydrogen-bond donors (Lipinski definition) is 3. The number of likely N-dealkylation sites (N-methyl/N-ethyl adjacent to an activating group) is 1. The van der Waals surface area contributed by atoms with Crippen molar-refractivity contribution in [2.75, 3.05) is 25.2 Å². The van der Waals surface area contributed by atoms with Gasteiger partial charge in [-0.1, -0.05) is 12.1 Å². The summed E-state index contributed by atoms with van der Waals surface area (Å²) in [6, 6.07) is 4.98. The molecule has 0 aliphatic carbocycles. The summed E-state index contributed by atoms with van der Waals surface area (Å²) in [4.78, 5) is 24.5. The minimum Gasteiger partial charge on any atom is -0.358 e. The van der Waals surface area contributed by atoms with Gasteiger partial charge in [0, 0.05) is 13.6 Å². The Morgan fingerprint density at radius 1 is 1.14 bits per heavy atom. The van der Waals surface area contributed by atoms with Crippen molar-refractivity contribution in [2.24, 2.45) is 0 Å². The maximum atomic E-state index is 13.2. The van der Waals surface area contributed by atoms with E-state index in [9.17, 15) is 26.4 Å². The lowest BCUT2D eigenvalue weighted by molar-refractivity contribution is -0.123. The smallest absolute Gasteiger partial charge is 0.245 e. The zero-order valence-electron chi connectivity index (χ0n) is 16.7. The van der Waals surface area contributed by atoms with Crippen LogP contribution < -0.4 is 15.4 Å². The predicted molar refractivity (Wildman–Crippen MR) is 108 cm³/mol. The average Bonchev–Trinajstić information content (AvgIpc) is 3.10. The van der Waals surface area contributed by atoms with Crippen LogP contribution in [0.25, 0.3) is 0 Å². The van der Waals surface area contributed by atoms with Crippen molar-refractivity contribution in [1.82, 2.24) is 14.3 Å². The molecule has 1 saturated heterocycles. The number of benzene rings is 1. The molecular weight excluding hydrogens is 420 g/mol. The summed E-state index contributed by atoms with van der Waals surface area (Å²) in [6.45, 7) is 2.91. The monoisotopic (exact) mass is 446 g/mol. The summed E-state index contributed by atoms with van der Waals surface area (Å²) in [5.74, 6) is -1.12. The number of amides is 2. The van der Waals surface area contributed by atoms with E-state index in [1.54, 1.807) is 6.07 Å². The minimum atomic E-state index is -4.08. The fourth-order valence-electron chi connectivity index (χ4n) is 3.17. The molecule has 2 rings (SSSR count). The van der Waals surface area contributed by atoms with Crippen molar-refractivity contribution in [3.8, 4) is 0 Å². The van der Waals surface area contributed by atoms with Crippen LogP contribution in [0.2, 0.25) is 0 Å². The third-order valence-electron chi connectivity index (χ3n) is 4.48. The molecule has 0 spiro atoms. The molecule has 10 nitrogen and oxygen atoms in total. The zero-order valence-corrected chi connectivity index (χ0v) is 18.4. The van der Waals surface area contributed by atoms with Gasteiger partial charge in [0.15, 0.2) is 0 Å². The molecule has 1 aliphatic heterocycles. The minimum absolute atomic E-state index is 0.00318. The second-order valence-electron chi connectivity index (χ2n) is 7.34. The van der Waals surface area contributed by atoms with Crippen LogP contribution in [0.4, 0.5) is 5.69 Å². The van der Waals surface area contributed by atoms with Crippen LogP contribution >= 0.6 is 0 Å². The lowest BCUT2D eigenvalue weighted by atomic mass is 10.1. The fraction of sp³-hybridized carbons (Fsp3) is 0.529. The largest absolute Gasteiger partial charge is 0.358 e. The first-order chi connectivity index (χ1) is 13.3. The first-order valence-electron chi connectivity index (χ1n) is 8.92. The topological polar surface area (TPSA) is 142 Å². The van der Waals surface area contributed by atoms with Gasteiger partial charge < -0.3 is 10.6 Å². The Morgan fingerprint density at radius 2 is 1.76 bits per heavy atom. The van der Waals surface area contributed by atoms with E-state index in [0.717, 1.165) is 10.6 Å². The quantitative estimate of drug-likeness (QED) is 0.532. The summed E-state index contributed by atoms with van der Waals surface area (Å²) in [5.41, 5.74) is -1.51. The van der Waals surface area contributed by atoms with E-state index in [1.807, 2.05) is 0 Å². The van der Waals surface area contributed by atoms with Gasteiger partial charge in [0.05, 0.1) is 11.9 Å². The van der Waals surface area contributed by atoms with Crippen molar-refractivity contribution < 1.29 is 26.4 Å². The van der Waals surface area contributed by atoms with E-state index in [0.29, 0.717) is 12.8 Å². The first kappa shape index (κ1) is 23.3. The summed E-state index contributed by atoms with van der Waals surface area (Å²) in [6.07, 6.45) is 1.86. The number of hydrogen-bond acceptors (Lipinski definition) is 6. The van der Waals surface area contributed by atoms with Crippen LogP contribution in [-0.4, -0.2) is 64.4 Å². The molecule has 0 saturated carbocycles. The van der Waals surface area contributed by atoms with Gasteiger partial charge in [-0.15, -0.1) is 0 Å². The molecule has 0 bridgehead atoms. The average molecular weight is 447 g/mol. The molecular formula is C17H26N4O6S2. The maximum absolute atomic E-state index is 13.2. The van der Waals surface area contributed by atoms with Gasteiger partial charge >= 0.3 is 0 Å². The molecule has 1 aliphatic rings. The fourth-order valence-corrected chi connectivity index (χ4v) is 5.99. The number of anilines is 1. The highest BCUT2D eigenvalue weighted by Gasteiger charge is 2.40. The highest BCUT2D eigenvalue weighted by molar-refractivity contribution is 7.89. The highest BCUT2D eigenvalue weighted by atomic mass is 32.2. The van der Waals surface area contributed by atoms with E-state index < -0.39 is 43.4 Å². The molecule has 0 unspecified atom stereocenters. The van der Waals surface area contributed by atoms with Gasteiger partial charge in [-0.3, -0.25) is 9.59 Å². The third kappa shape index (κ3) is 5.32. The summed E-state index contributed by atoms with van der Waals surface area (Å²) in [5, 5.41) is 4.96. The van der Waals surface area contributed by atoms with E-state index >= 15 is 0 Å². The van der Waals surface area contributed by atoms with Crippen LogP contribution in [0.3, 0.4) is 0 Å². The zero-order chi connectivity index (χ0) is 22.0. The molecule has 1 heterocycles. The number of carbonyl (C=O) groups is 2. The maximum Gasteiger partial charge on any atom is 0.245 e. The number of nitrogens with one attached hydrogen (secondary N) is 3. The second kappa shape index (κ2) is 8.38. The van der Waals surface area contributed by atoms with E-state index in [4.69, 9.17) is 0 Å². The standard InChI is InChI=1S/C17H26N4O6S2/c1-17(2,20-28(4,24)25)16(23)19-12-8-5-6-10-14(12)29(26,27)21-11-7-9-13(21)15(22)18-3/h5-6,8,10,13,20H,7,9,11H2,1-4H3,(H,18,22)(H,19,23)/t13-/m0/s1. The number of sulfonamides is 2. The molecule has 0 radical (unpaired) electrons. The lowest BCUT2D eigenvalue weighted by Crippen LogP contribution is -2.52. The molecule has 1 aromatic carbocycles. The van der Waals surface area contributed by atoms with Gasteiger partial charge in [-0.2, -0.15) is 4.31 Å². The Morgan fingerprint density at radius 3 is 2.34 bits per heavy atom. The lowest BCUT2D eigenvalue weighted by Gasteiger charge is -2.26. The van der Waals surface area contributed by atoms with Crippen LogP contribution in [0.15, 0.2) is 29.2 Å². The van der Waals surface area contributed by atoms with Crippen LogP contribution in [0, 0.1) is 0 Å². The Kier molecular flexibility index (Phi) is 6.72. The van der Waals surface area contributed by atoms with E-state index in [1.165, 1.54) is 39.1 Å². The first-order valence-corrected chi connectivity index (χ1v) is 12.3. The number of carbonyl (C=O) groups excluding carboxylic acids is 2. The van der Waals surface area contributed by atoms with Gasteiger partial charge in [-0.05, 0) is 38.8 Å². The SMILES string of the molecule is CNC(=O)[C@@H]1CCCN1S(=O)(=O)c1ccccc1NC(=O)C(C)(C)NS(C)(=O)=O. The Labute approximate surface area is 171 Å². The van der Waals surface area contributed by atoms with Gasteiger partial charge in [-0.25, -0.2) is 21.6 Å². The Hall–Kier alpha value is -2.02. The second-order valence-corrected chi connectivity index (χ2v) is 10.9. The molecule has 0 aromatic heterocycles. The number of nitrogens with zero attached hydrogens (tertiary/aromatic N) is 1. The van der Waals surface area contributed by atoms with Gasteiger partial charge in [0.2, 0.25) is 31.9 Å². The van der Waals surface area contributed by atoms with Crippen LogP contribution in [0.1, 0.15) is 26.7 Å². The molecule has 1 fully saturated rings. The number of para-hydroxylation sites is 1. The van der Waals surface area contributed by atoms with Crippen molar-refractivity contribution in [3.63, 3.8) is 0 Å². The third-order valence-corrected chi connectivity index (χ3v) is 7.33. The molecule has 3 N–H and O–H groups in total. The van der Waals surface area contributed by atoms with Crippen LogP contribution in [-0.2, 0) is 29.6 Å².